The minimum atomic E-state index is -0.124. The first-order chi connectivity index (χ1) is 8.15. The number of halogens is 1. The Hall–Kier alpha value is -0.890. The van der Waals surface area contributed by atoms with Crippen LogP contribution in [-0.2, 0) is 6.42 Å². The summed E-state index contributed by atoms with van der Waals surface area (Å²) < 4.78 is 13.1. The van der Waals surface area contributed by atoms with E-state index in [2.05, 4.69) is 12.2 Å². The third-order valence-electron chi connectivity index (χ3n) is 4.03. The highest BCUT2D eigenvalue weighted by Gasteiger charge is 2.36. The zero-order valence-corrected chi connectivity index (χ0v) is 10.9. The van der Waals surface area contributed by atoms with E-state index in [0.717, 1.165) is 25.1 Å². The molecule has 2 rings (SSSR count). The molecule has 0 spiro atoms. The predicted octanol–water partition coefficient (Wildman–Crippen LogP) is 3.46. The minimum Gasteiger partial charge on any atom is -0.316 e. The van der Waals surface area contributed by atoms with Gasteiger partial charge in [-0.3, -0.25) is 0 Å². The van der Waals surface area contributed by atoms with Crippen LogP contribution in [0.15, 0.2) is 18.2 Å². The van der Waals surface area contributed by atoms with Gasteiger partial charge in [-0.25, -0.2) is 4.39 Å². The van der Waals surface area contributed by atoms with E-state index >= 15 is 0 Å². The highest BCUT2D eigenvalue weighted by molar-refractivity contribution is 5.28. The Morgan fingerprint density at radius 3 is 2.65 bits per heavy atom. The lowest BCUT2D eigenvalue weighted by Crippen LogP contribution is -2.41. The molecule has 0 amide bonds. The standard InChI is InChI=1S/C15H22FN/c1-3-17-11-15(7-4-8-15)10-13-5-6-14(16)9-12(13)2/h5-6,9,17H,3-4,7-8,10-11H2,1-2H3. The maximum Gasteiger partial charge on any atom is 0.123 e. The molecule has 0 aromatic heterocycles. The van der Waals surface area contributed by atoms with Crippen LogP contribution in [0.25, 0.3) is 0 Å². The molecule has 1 aromatic rings. The van der Waals surface area contributed by atoms with Crippen LogP contribution < -0.4 is 5.32 Å². The van der Waals surface area contributed by atoms with E-state index in [0.29, 0.717) is 5.41 Å². The highest BCUT2D eigenvalue weighted by atomic mass is 19.1. The van der Waals surface area contributed by atoms with Crippen LogP contribution in [0.5, 0.6) is 0 Å². The van der Waals surface area contributed by atoms with Crippen molar-refractivity contribution in [3.05, 3.63) is 35.1 Å². The van der Waals surface area contributed by atoms with Gasteiger partial charge in [-0.15, -0.1) is 0 Å². The van der Waals surface area contributed by atoms with Crippen molar-refractivity contribution in [2.75, 3.05) is 13.1 Å². The third kappa shape index (κ3) is 2.86. The summed E-state index contributed by atoms with van der Waals surface area (Å²) in [6.07, 6.45) is 5.03. The van der Waals surface area contributed by atoms with Crippen molar-refractivity contribution in [3.63, 3.8) is 0 Å². The fourth-order valence-electron chi connectivity index (χ4n) is 2.74. The van der Waals surface area contributed by atoms with Crippen LogP contribution in [0.3, 0.4) is 0 Å². The fraction of sp³-hybridized carbons (Fsp3) is 0.600. The summed E-state index contributed by atoms with van der Waals surface area (Å²) in [4.78, 5) is 0. The van der Waals surface area contributed by atoms with Crippen molar-refractivity contribution >= 4 is 0 Å². The number of rotatable bonds is 5. The van der Waals surface area contributed by atoms with Gasteiger partial charge in [0.2, 0.25) is 0 Å². The van der Waals surface area contributed by atoms with Gasteiger partial charge in [-0.1, -0.05) is 19.4 Å². The lowest BCUT2D eigenvalue weighted by molar-refractivity contribution is 0.131. The zero-order valence-electron chi connectivity index (χ0n) is 10.9. The molecule has 0 saturated heterocycles. The third-order valence-corrected chi connectivity index (χ3v) is 4.03. The molecule has 1 aliphatic rings. The van der Waals surface area contributed by atoms with Crippen LogP contribution in [-0.4, -0.2) is 13.1 Å². The molecule has 1 nitrogen and oxygen atoms in total. The molecular formula is C15H22FN. The zero-order chi connectivity index (χ0) is 12.3. The van der Waals surface area contributed by atoms with Crippen LogP contribution in [0.1, 0.15) is 37.3 Å². The fourth-order valence-corrected chi connectivity index (χ4v) is 2.74. The summed E-state index contributed by atoms with van der Waals surface area (Å²) in [5.41, 5.74) is 2.83. The first-order valence-corrected chi connectivity index (χ1v) is 6.61. The molecule has 94 valence electrons. The van der Waals surface area contributed by atoms with Gasteiger partial charge in [-0.2, -0.15) is 0 Å². The molecule has 0 aliphatic heterocycles. The van der Waals surface area contributed by atoms with Gasteiger partial charge < -0.3 is 5.32 Å². The van der Waals surface area contributed by atoms with Crippen molar-refractivity contribution < 1.29 is 4.39 Å². The SMILES string of the molecule is CCNCC1(Cc2ccc(F)cc2C)CCC1. The van der Waals surface area contributed by atoms with Crippen molar-refractivity contribution in [2.24, 2.45) is 5.41 Å². The molecule has 0 radical (unpaired) electrons. The van der Waals surface area contributed by atoms with E-state index in [-0.39, 0.29) is 5.82 Å². The van der Waals surface area contributed by atoms with Crippen LogP contribution in [0, 0.1) is 18.2 Å². The van der Waals surface area contributed by atoms with Crippen molar-refractivity contribution in [3.8, 4) is 0 Å². The predicted molar refractivity (Wildman–Crippen MR) is 69.7 cm³/mol. The lowest BCUT2D eigenvalue weighted by Gasteiger charge is -2.42. The smallest absolute Gasteiger partial charge is 0.123 e. The molecular weight excluding hydrogens is 213 g/mol. The normalized spacial score (nSPS) is 17.8. The lowest BCUT2D eigenvalue weighted by atomic mass is 9.65. The molecule has 1 saturated carbocycles. The Bertz CT molecular complexity index is 383. The summed E-state index contributed by atoms with van der Waals surface area (Å²) in [5.74, 6) is -0.124. The second-order valence-electron chi connectivity index (χ2n) is 5.38. The second kappa shape index (κ2) is 5.18. The average molecular weight is 235 g/mol. The van der Waals surface area contributed by atoms with Crippen molar-refractivity contribution in [1.82, 2.24) is 5.32 Å². The number of benzene rings is 1. The van der Waals surface area contributed by atoms with Gasteiger partial charge in [-0.05, 0) is 61.4 Å². The topological polar surface area (TPSA) is 12.0 Å². The molecule has 2 heteroatoms. The van der Waals surface area contributed by atoms with Crippen molar-refractivity contribution in [1.29, 1.82) is 0 Å². The van der Waals surface area contributed by atoms with Gasteiger partial charge in [0.25, 0.3) is 0 Å². The summed E-state index contributed by atoms with van der Waals surface area (Å²) in [7, 11) is 0. The monoisotopic (exact) mass is 235 g/mol. The molecule has 1 aliphatic carbocycles. The molecule has 0 unspecified atom stereocenters. The Labute approximate surface area is 103 Å². The number of hydrogen-bond acceptors (Lipinski definition) is 1. The Morgan fingerprint density at radius 2 is 2.12 bits per heavy atom. The van der Waals surface area contributed by atoms with Gasteiger partial charge in [0, 0.05) is 6.54 Å². The summed E-state index contributed by atoms with van der Waals surface area (Å²) in [6, 6.07) is 5.19. The minimum absolute atomic E-state index is 0.124. The van der Waals surface area contributed by atoms with Gasteiger partial charge >= 0.3 is 0 Å². The summed E-state index contributed by atoms with van der Waals surface area (Å²) >= 11 is 0. The van der Waals surface area contributed by atoms with E-state index in [4.69, 9.17) is 0 Å². The number of hydrogen-bond donors (Lipinski definition) is 1. The molecule has 1 N–H and O–H groups in total. The van der Waals surface area contributed by atoms with Crippen LogP contribution in [0.2, 0.25) is 0 Å². The van der Waals surface area contributed by atoms with E-state index in [1.165, 1.54) is 24.8 Å². The van der Waals surface area contributed by atoms with Crippen LogP contribution >= 0.6 is 0 Å². The Kier molecular flexibility index (Phi) is 3.82. The molecule has 1 aromatic carbocycles. The van der Waals surface area contributed by atoms with Gasteiger partial charge in [0.15, 0.2) is 0 Å². The van der Waals surface area contributed by atoms with Crippen LogP contribution in [0.4, 0.5) is 4.39 Å². The van der Waals surface area contributed by atoms with Gasteiger partial charge in [0.1, 0.15) is 5.82 Å². The highest BCUT2D eigenvalue weighted by Crippen LogP contribution is 2.43. The first-order valence-electron chi connectivity index (χ1n) is 6.61. The second-order valence-corrected chi connectivity index (χ2v) is 5.38. The Balaban J connectivity index is 2.07. The summed E-state index contributed by atoms with van der Waals surface area (Å²) in [6.45, 7) is 6.29. The number of aryl methyl sites for hydroxylation is 1. The Morgan fingerprint density at radius 1 is 1.35 bits per heavy atom. The molecule has 1 fully saturated rings. The molecule has 17 heavy (non-hydrogen) atoms. The van der Waals surface area contributed by atoms with E-state index < -0.39 is 0 Å². The maximum atomic E-state index is 13.1. The summed E-state index contributed by atoms with van der Waals surface area (Å²) in [5, 5.41) is 3.47. The maximum absolute atomic E-state index is 13.1. The molecule has 0 atom stereocenters. The average Bonchev–Trinajstić information content (AvgIpc) is 2.25. The van der Waals surface area contributed by atoms with E-state index in [1.807, 2.05) is 13.0 Å². The van der Waals surface area contributed by atoms with Crippen molar-refractivity contribution in [2.45, 2.75) is 39.5 Å². The van der Waals surface area contributed by atoms with E-state index in [9.17, 15) is 4.39 Å². The largest absolute Gasteiger partial charge is 0.316 e. The quantitative estimate of drug-likeness (QED) is 0.824. The number of nitrogens with one attached hydrogen (secondary N) is 1. The molecule has 0 bridgehead atoms. The van der Waals surface area contributed by atoms with Gasteiger partial charge in [0.05, 0.1) is 0 Å². The first kappa shape index (κ1) is 12.6. The van der Waals surface area contributed by atoms with E-state index in [1.54, 1.807) is 12.1 Å². The molecule has 0 heterocycles.